The van der Waals surface area contributed by atoms with Crippen LogP contribution in [0.2, 0.25) is 0 Å². The first-order valence-electron chi connectivity index (χ1n) is 7.52. The number of pyridine rings is 1. The molecule has 0 unspecified atom stereocenters. The fourth-order valence-corrected chi connectivity index (χ4v) is 2.20. The largest absolute Gasteiger partial charge is 0.490 e. The first kappa shape index (κ1) is 15.8. The van der Waals surface area contributed by atoms with Gasteiger partial charge < -0.3 is 9.47 Å². The van der Waals surface area contributed by atoms with Crippen LogP contribution in [-0.4, -0.2) is 17.8 Å². The van der Waals surface area contributed by atoms with Crippen LogP contribution in [0.3, 0.4) is 0 Å². The Hall–Kier alpha value is -3.08. The number of hydrogen-bond acceptors (Lipinski definition) is 3. The summed E-state index contributed by atoms with van der Waals surface area (Å²) in [6.45, 7) is 0.708. The Morgan fingerprint density at radius 1 is 0.833 bits per heavy atom. The highest BCUT2D eigenvalue weighted by Crippen LogP contribution is 2.11. The fraction of sp³-hybridized carbons (Fsp3) is 0.105. The lowest BCUT2D eigenvalue weighted by Gasteiger charge is -2.10. The van der Waals surface area contributed by atoms with Crippen molar-refractivity contribution >= 4 is 0 Å². The maximum absolute atomic E-state index is 12.9. The van der Waals surface area contributed by atoms with Gasteiger partial charge in [-0.3, -0.25) is 9.36 Å². The van der Waals surface area contributed by atoms with Crippen molar-refractivity contribution in [3.63, 3.8) is 0 Å². The molecule has 0 saturated heterocycles. The van der Waals surface area contributed by atoms with Crippen LogP contribution in [0, 0.1) is 5.82 Å². The van der Waals surface area contributed by atoms with Crippen LogP contribution in [0.5, 0.6) is 11.5 Å². The molecule has 4 nitrogen and oxygen atoms in total. The smallest absolute Gasteiger partial charge is 0.258 e. The van der Waals surface area contributed by atoms with Gasteiger partial charge in [0.15, 0.2) is 0 Å². The number of nitrogens with zero attached hydrogens (tertiary/aromatic N) is 1. The highest BCUT2D eigenvalue weighted by molar-refractivity contribution is 5.34. The van der Waals surface area contributed by atoms with Crippen molar-refractivity contribution in [1.82, 2.24) is 4.57 Å². The molecule has 0 aliphatic carbocycles. The number of hydrogen-bond donors (Lipinski definition) is 0. The number of ether oxygens (including phenoxy) is 2. The number of para-hydroxylation sites is 1. The molecule has 0 atom stereocenters. The second-order valence-electron chi connectivity index (χ2n) is 5.06. The van der Waals surface area contributed by atoms with Gasteiger partial charge in [-0.1, -0.05) is 18.2 Å². The average Bonchev–Trinajstić information content (AvgIpc) is 2.61. The van der Waals surface area contributed by atoms with Crippen molar-refractivity contribution in [3.05, 3.63) is 89.1 Å². The van der Waals surface area contributed by atoms with Crippen LogP contribution < -0.4 is 15.0 Å². The summed E-state index contributed by atoms with van der Waals surface area (Å²) in [5.41, 5.74) is 0.350. The van der Waals surface area contributed by atoms with Gasteiger partial charge in [-0.2, -0.15) is 0 Å². The lowest BCUT2D eigenvalue weighted by Crippen LogP contribution is -2.17. The van der Waals surface area contributed by atoms with E-state index in [1.165, 1.54) is 22.8 Å². The summed E-state index contributed by atoms with van der Waals surface area (Å²) >= 11 is 0. The van der Waals surface area contributed by atoms with Crippen molar-refractivity contribution < 1.29 is 13.9 Å². The molecule has 24 heavy (non-hydrogen) atoms. The molecule has 2 aromatic carbocycles. The van der Waals surface area contributed by atoms with Gasteiger partial charge >= 0.3 is 0 Å². The maximum Gasteiger partial charge on any atom is 0.258 e. The second-order valence-corrected chi connectivity index (χ2v) is 5.06. The molecule has 122 valence electrons. The summed E-state index contributed by atoms with van der Waals surface area (Å²) in [6.07, 6.45) is 1.60. The summed E-state index contributed by atoms with van der Waals surface area (Å²) in [7, 11) is 0. The summed E-state index contributed by atoms with van der Waals surface area (Å²) in [5.74, 6) is 0.896. The molecule has 3 rings (SSSR count). The van der Waals surface area contributed by atoms with E-state index >= 15 is 0 Å². The number of rotatable bonds is 6. The Morgan fingerprint density at radius 3 is 2.17 bits per heavy atom. The minimum absolute atomic E-state index is 0.247. The van der Waals surface area contributed by atoms with Crippen molar-refractivity contribution in [3.8, 4) is 17.2 Å². The van der Waals surface area contributed by atoms with Gasteiger partial charge in [0.25, 0.3) is 5.56 Å². The SMILES string of the molecule is O=c1cc(OCCOc2ccccc2)ccn1-c1ccc(F)cc1. The van der Waals surface area contributed by atoms with Crippen LogP contribution in [-0.2, 0) is 0 Å². The predicted octanol–water partition coefficient (Wildman–Crippen LogP) is 3.43. The standard InChI is InChI=1S/C19H16FNO3/c20-15-6-8-16(9-7-15)21-11-10-18(14-19(21)22)24-13-12-23-17-4-2-1-3-5-17/h1-11,14H,12-13H2. The van der Waals surface area contributed by atoms with Crippen molar-refractivity contribution in [2.45, 2.75) is 0 Å². The molecule has 1 aromatic heterocycles. The zero-order valence-corrected chi connectivity index (χ0v) is 12.9. The third-order valence-electron chi connectivity index (χ3n) is 3.36. The second kappa shape index (κ2) is 7.46. The van der Waals surface area contributed by atoms with Gasteiger partial charge in [0.1, 0.15) is 30.5 Å². The molecule has 5 heteroatoms. The Kier molecular flexibility index (Phi) is 4.91. The summed E-state index contributed by atoms with van der Waals surface area (Å²) in [6, 6.07) is 18.2. The van der Waals surface area contributed by atoms with Gasteiger partial charge in [-0.05, 0) is 42.5 Å². The molecule has 0 radical (unpaired) electrons. The van der Waals surface area contributed by atoms with Gasteiger partial charge in [0.05, 0.1) is 0 Å². The highest BCUT2D eigenvalue weighted by Gasteiger charge is 2.03. The quantitative estimate of drug-likeness (QED) is 0.652. The Balaban J connectivity index is 1.58. The molecule has 0 aliphatic heterocycles. The maximum atomic E-state index is 12.9. The molecule has 3 aromatic rings. The Bertz CT molecular complexity index is 844. The fourth-order valence-electron chi connectivity index (χ4n) is 2.20. The molecule has 0 amide bonds. The summed E-state index contributed by atoms with van der Waals surface area (Å²) in [4.78, 5) is 12.1. The first-order valence-corrected chi connectivity index (χ1v) is 7.52. The lowest BCUT2D eigenvalue weighted by atomic mass is 10.3. The third-order valence-corrected chi connectivity index (χ3v) is 3.36. The molecule has 0 saturated carbocycles. The summed E-state index contributed by atoms with van der Waals surface area (Å²) < 4.78 is 25.4. The van der Waals surface area contributed by atoms with Crippen LogP contribution in [0.1, 0.15) is 0 Å². The topological polar surface area (TPSA) is 40.5 Å². The lowest BCUT2D eigenvalue weighted by molar-refractivity contribution is 0.217. The van der Waals surface area contributed by atoms with Crippen LogP contribution in [0.25, 0.3) is 5.69 Å². The van der Waals surface area contributed by atoms with E-state index in [-0.39, 0.29) is 11.4 Å². The zero-order chi connectivity index (χ0) is 16.8. The van der Waals surface area contributed by atoms with Crippen molar-refractivity contribution in [1.29, 1.82) is 0 Å². The zero-order valence-electron chi connectivity index (χ0n) is 12.9. The van der Waals surface area contributed by atoms with Gasteiger partial charge in [-0.15, -0.1) is 0 Å². The van der Waals surface area contributed by atoms with E-state index in [0.717, 1.165) is 5.75 Å². The molecule has 0 fully saturated rings. The monoisotopic (exact) mass is 325 g/mol. The number of halogens is 1. The minimum Gasteiger partial charge on any atom is -0.490 e. The van der Waals surface area contributed by atoms with E-state index in [1.54, 1.807) is 24.4 Å². The summed E-state index contributed by atoms with van der Waals surface area (Å²) in [5, 5.41) is 0. The first-order chi connectivity index (χ1) is 11.7. The van der Waals surface area contributed by atoms with Crippen molar-refractivity contribution in [2.24, 2.45) is 0 Å². The number of aromatic nitrogens is 1. The molecule has 0 aliphatic rings. The van der Waals surface area contributed by atoms with Crippen molar-refractivity contribution in [2.75, 3.05) is 13.2 Å². The van der Waals surface area contributed by atoms with Crippen LogP contribution in [0.4, 0.5) is 4.39 Å². The van der Waals surface area contributed by atoms with Gasteiger partial charge in [0.2, 0.25) is 0 Å². The van der Waals surface area contributed by atoms with E-state index in [9.17, 15) is 9.18 Å². The molecular formula is C19H16FNO3. The highest BCUT2D eigenvalue weighted by atomic mass is 19.1. The molecule has 0 N–H and O–H groups in total. The minimum atomic E-state index is -0.342. The Labute approximate surface area is 138 Å². The van der Waals surface area contributed by atoms with E-state index in [2.05, 4.69) is 0 Å². The van der Waals surface area contributed by atoms with Gasteiger partial charge in [-0.25, -0.2) is 4.39 Å². The van der Waals surface area contributed by atoms with E-state index < -0.39 is 0 Å². The predicted molar refractivity (Wildman–Crippen MR) is 89.4 cm³/mol. The van der Waals surface area contributed by atoms with Crippen LogP contribution in [0.15, 0.2) is 77.7 Å². The van der Waals surface area contributed by atoms with E-state index in [0.29, 0.717) is 24.7 Å². The Morgan fingerprint density at radius 2 is 1.50 bits per heavy atom. The molecule has 1 heterocycles. The third kappa shape index (κ3) is 4.01. The van der Waals surface area contributed by atoms with Crippen LogP contribution >= 0.6 is 0 Å². The molecule has 0 spiro atoms. The van der Waals surface area contributed by atoms with E-state index in [1.807, 2.05) is 30.3 Å². The average molecular weight is 325 g/mol. The molecule has 0 bridgehead atoms. The normalized spacial score (nSPS) is 10.4. The van der Waals surface area contributed by atoms with E-state index in [4.69, 9.17) is 9.47 Å². The van der Waals surface area contributed by atoms with Gasteiger partial charge in [0, 0.05) is 18.0 Å². The molecular weight excluding hydrogens is 309 g/mol. The number of benzene rings is 2.